The maximum absolute atomic E-state index is 13.8. The summed E-state index contributed by atoms with van der Waals surface area (Å²) < 4.78 is 52.1. The van der Waals surface area contributed by atoms with E-state index in [1.807, 2.05) is 6.07 Å². The van der Waals surface area contributed by atoms with Gasteiger partial charge in [-0.3, -0.25) is 9.59 Å². The number of halogens is 4. The first kappa shape index (κ1) is 30.1. The van der Waals surface area contributed by atoms with Crippen LogP contribution in [0.3, 0.4) is 0 Å². The molecule has 0 radical (unpaired) electrons. The average molecular weight is 598 g/mol. The minimum Gasteiger partial charge on any atom is -0.495 e. The van der Waals surface area contributed by atoms with Gasteiger partial charge in [-0.15, -0.1) is 0 Å². The standard InChI is InChI=1S/C30H23ClF3N3O5/c1-37(24-9-3-4-10-25(24)41-2)29(40)20-14-19(22(31)15-26(20)42-12-6-11-27(38)39)28-17(16-35)13-18-21(30(32,33)34)7-5-8-23(18)36-28/h3-5,7-10,13-15H,6,11-12H2,1-2H3,(H,38,39). The van der Waals surface area contributed by atoms with E-state index in [1.165, 1.54) is 43.3 Å². The number of aromatic nitrogens is 1. The first-order valence-electron chi connectivity index (χ1n) is 12.5. The summed E-state index contributed by atoms with van der Waals surface area (Å²) >= 11 is 6.58. The van der Waals surface area contributed by atoms with Gasteiger partial charge in [0.25, 0.3) is 5.91 Å². The molecule has 0 unspecified atom stereocenters. The number of carbonyl (C=O) groups excluding carboxylic acids is 1. The van der Waals surface area contributed by atoms with Gasteiger partial charge in [0, 0.05) is 30.5 Å². The van der Waals surface area contributed by atoms with Crippen LogP contribution < -0.4 is 14.4 Å². The van der Waals surface area contributed by atoms with E-state index in [1.54, 1.807) is 24.3 Å². The van der Waals surface area contributed by atoms with Crippen LogP contribution in [0.2, 0.25) is 5.02 Å². The molecule has 0 aliphatic carbocycles. The van der Waals surface area contributed by atoms with Gasteiger partial charge in [-0.2, -0.15) is 18.4 Å². The number of carboxylic acids is 1. The van der Waals surface area contributed by atoms with Crippen LogP contribution in [0.25, 0.3) is 22.2 Å². The number of nitrogens with zero attached hydrogens (tertiary/aromatic N) is 3. The molecule has 42 heavy (non-hydrogen) atoms. The Morgan fingerprint density at radius 1 is 1.10 bits per heavy atom. The summed E-state index contributed by atoms with van der Waals surface area (Å²) in [4.78, 5) is 30.4. The highest BCUT2D eigenvalue weighted by Crippen LogP contribution is 2.40. The lowest BCUT2D eigenvalue weighted by Crippen LogP contribution is -2.27. The summed E-state index contributed by atoms with van der Waals surface area (Å²) in [5.74, 6) is -1.13. The van der Waals surface area contributed by atoms with Crippen LogP contribution in [-0.4, -0.2) is 42.7 Å². The second-order valence-corrected chi connectivity index (χ2v) is 9.48. The number of benzene rings is 3. The average Bonchev–Trinajstić information content (AvgIpc) is 2.97. The number of para-hydroxylation sites is 2. The van der Waals surface area contributed by atoms with Gasteiger partial charge in [-0.25, -0.2) is 4.98 Å². The number of carbonyl (C=O) groups is 2. The molecule has 1 amide bonds. The van der Waals surface area contributed by atoms with Crippen molar-refractivity contribution in [3.05, 3.63) is 82.4 Å². The Kier molecular flexibility index (Phi) is 8.87. The van der Waals surface area contributed by atoms with Crippen molar-refractivity contribution in [3.8, 4) is 28.8 Å². The SMILES string of the molecule is COc1ccccc1N(C)C(=O)c1cc(-c2nc3cccc(C(F)(F)F)c3cc2C#N)c(Cl)cc1OCCCC(=O)O. The van der Waals surface area contributed by atoms with Gasteiger partial charge in [-0.1, -0.05) is 29.8 Å². The number of pyridine rings is 1. The first-order chi connectivity index (χ1) is 20.0. The van der Waals surface area contributed by atoms with Gasteiger partial charge in [0.2, 0.25) is 0 Å². The van der Waals surface area contributed by atoms with E-state index in [2.05, 4.69) is 4.98 Å². The zero-order chi connectivity index (χ0) is 30.6. The lowest BCUT2D eigenvalue weighted by atomic mass is 9.99. The molecule has 216 valence electrons. The van der Waals surface area contributed by atoms with Crippen molar-refractivity contribution < 1.29 is 37.3 Å². The molecular formula is C30H23ClF3N3O5. The number of alkyl halides is 3. The number of anilines is 1. The number of carboxylic acid groups (broad SMARTS) is 1. The van der Waals surface area contributed by atoms with Crippen LogP contribution in [-0.2, 0) is 11.0 Å². The van der Waals surface area contributed by atoms with Gasteiger partial charge in [-0.05, 0) is 42.8 Å². The molecule has 0 aliphatic rings. The maximum atomic E-state index is 13.8. The number of amides is 1. The molecule has 12 heteroatoms. The molecule has 0 saturated carbocycles. The van der Waals surface area contributed by atoms with E-state index in [4.69, 9.17) is 26.2 Å². The molecule has 0 atom stereocenters. The lowest BCUT2D eigenvalue weighted by Gasteiger charge is -2.22. The number of aliphatic carboxylic acids is 1. The van der Waals surface area contributed by atoms with Crippen LogP contribution >= 0.6 is 11.6 Å². The first-order valence-corrected chi connectivity index (χ1v) is 12.8. The minimum absolute atomic E-state index is 0.00652. The molecule has 0 fully saturated rings. The van der Waals surface area contributed by atoms with Crippen molar-refractivity contribution in [1.29, 1.82) is 5.26 Å². The van der Waals surface area contributed by atoms with Gasteiger partial charge in [0.15, 0.2) is 0 Å². The number of fused-ring (bicyclic) bond motifs is 1. The molecule has 4 aromatic rings. The summed E-state index contributed by atoms with van der Waals surface area (Å²) in [6.45, 7) is -0.0431. The summed E-state index contributed by atoms with van der Waals surface area (Å²) in [6, 6.07) is 15.9. The quantitative estimate of drug-likeness (QED) is 0.207. The third kappa shape index (κ3) is 6.24. The third-order valence-electron chi connectivity index (χ3n) is 6.38. The Morgan fingerprint density at radius 2 is 1.83 bits per heavy atom. The van der Waals surface area contributed by atoms with Gasteiger partial charge in [0.1, 0.15) is 17.6 Å². The van der Waals surface area contributed by atoms with Crippen LogP contribution in [0.5, 0.6) is 11.5 Å². The van der Waals surface area contributed by atoms with Crippen molar-refractivity contribution >= 4 is 40.1 Å². The highest BCUT2D eigenvalue weighted by molar-refractivity contribution is 6.34. The summed E-state index contributed by atoms with van der Waals surface area (Å²) in [6.07, 6.45) is -4.69. The van der Waals surface area contributed by atoms with Gasteiger partial charge < -0.3 is 19.5 Å². The monoisotopic (exact) mass is 597 g/mol. The predicted molar refractivity (Wildman–Crippen MR) is 150 cm³/mol. The number of nitriles is 1. The number of hydrogen-bond donors (Lipinski definition) is 1. The molecule has 1 N–H and O–H groups in total. The van der Waals surface area contributed by atoms with Crippen molar-refractivity contribution in [2.75, 3.05) is 25.7 Å². The highest BCUT2D eigenvalue weighted by atomic mass is 35.5. The molecule has 3 aromatic carbocycles. The fraction of sp³-hybridized carbons (Fsp3) is 0.200. The Bertz CT molecular complexity index is 1720. The highest BCUT2D eigenvalue weighted by Gasteiger charge is 2.33. The minimum atomic E-state index is -4.67. The number of hydrogen-bond acceptors (Lipinski definition) is 6. The Balaban J connectivity index is 1.88. The molecule has 1 aromatic heterocycles. The summed E-state index contributed by atoms with van der Waals surface area (Å²) in [5.41, 5.74) is -0.646. The van der Waals surface area contributed by atoms with E-state index in [9.17, 15) is 28.0 Å². The van der Waals surface area contributed by atoms with Gasteiger partial charge >= 0.3 is 12.1 Å². The molecule has 1 heterocycles. The molecular weight excluding hydrogens is 575 g/mol. The molecule has 4 rings (SSSR count). The fourth-order valence-corrected chi connectivity index (χ4v) is 4.60. The van der Waals surface area contributed by atoms with Crippen molar-refractivity contribution in [3.63, 3.8) is 0 Å². The Hall–Kier alpha value is -4.82. The topological polar surface area (TPSA) is 113 Å². The van der Waals surface area contributed by atoms with Crippen LogP contribution in [0.1, 0.15) is 34.3 Å². The predicted octanol–water partition coefficient (Wildman–Crippen LogP) is 6.97. The van der Waals surface area contributed by atoms with E-state index in [-0.39, 0.29) is 63.5 Å². The zero-order valence-corrected chi connectivity index (χ0v) is 23.1. The van der Waals surface area contributed by atoms with E-state index in [0.717, 1.165) is 12.1 Å². The maximum Gasteiger partial charge on any atom is 0.417 e. The van der Waals surface area contributed by atoms with Crippen molar-refractivity contribution in [1.82, 2.24) is 4.98 Å². The van der Waals surface area contributed by atoms with Crippen molar-refractivity contribution in [2.45, 2.75) is 19.0 Å². The smallest absolute Gasteiger partial charge is 0.417 e. The van der Waals surface area contributed by atoms with Gasteiger partial charge in [0.05, 0.1) is 52.3 Å². The molecule has 8 nitrogen and oxygen atoms in total. The van der Waals surface area contributed by atoms with Crippen LogP contribution in [0.15, 0.2) is 60.7 Å². The lowest BCUT2D eigenvalue weighted by molar-refractivity contribution is -0.137. The molecule has 0 aliphatic heterocycles. The van der Waals surface area contributed by atoms with E-state index < -0.39 is 23.6 Å². The molecule has 0 saturated heterocycles. The molecule has 0 bridgehead atoms. The van der Waals surface area contributed by atoms with E-state index >= 15 is 0 Å². The number of rotatable bonds is 9. The summed E-state index contributed by atoms with van der Waals surface area (Å²) in [5, 5.41) is 18.6. The van der Waals surface area contributed by atoms with Crippen LogP contribution in [0, 0.1) is 11.3 Å². The van der Waals surface area contributed by atoms with E-state index in [0.29, 0.717) is 11.4 Å². The summed E-state index contributed by atoms with van der Waals surface area (Å²) in [7, 11) is 2.96. The Labute approximate surface area is 243 Å². The number of ether oxygens (including phenoxy) is 2. The fourth-order valence-electron chi connectivity index (χ4n) is 4.36. The third-order valence-corrected chi connectivity index (χ3v) is 6.70. The number of methoxy groups -OCH3 is 1. The van der Waals surface area contributed by atoms with Crippen molar-refractivity contribution in [2.24, 2.45) is 0 Å². The Morgan fingerprint density at radius 3 is 2.50 bits per heavy atom. The zero-order valence-electron chi connectivity index (χ0n) is 22.3. The largest absolute Gasteiger partial charge is 0.495 e. The normalized spacial score (nSPS) is 11.2. The van der Waals surface area contributed by atoms with Crippen LogP contribution in [0.4, 0.5) is 18.9 Å². The molecule has 0 spiro atoms. The second-order valence-electron chi connectivity index (χ2n) is 9.08. The second kappa shape index (κ2) is 12.4.